The molecule has 4 unspecified atom stereocenters. The SMILES string of the molecule is CN(C)CC(=O)N1CCN(C(=O)C2C3CNCC32)C2CS(=O)(=O)CC21. The van der Waals surface area contributed by atoms with Crippen LogP contribution in [0.5, 0.6) is 0 Å². The Kier molecular flexibility index (Phi) is 4.08. The minimum atomic E-state index is -3.23. The zero-order chi connectivity index (χ0) is 17.9. The third kappa shape index (κ3) is 2.96. The van der Waals surface area contributed by atoms with E-state index in [1.807, 2.05) is 14.1 Å². The van der Waals surface area contributed by atoms with E-state index in [1.165, 1.54) is 0 Å². The summed E-state index contributed by atoms with van der Waals surface area (Å²) in [4.78, 5) is 30.7. The molecule has 4 atom stereocenters. The normalized spacial score (nSPS) is 38.6. The summed E-state index contributed by atoms with van der Waals surface area (Å²) in [6.45, 7) is 2.90. The predicted molar refractivity (Wildman–Crippen MR) is 91.5 cm³/mol. The van der Waals surface area contributed by atoms with Crippen molar-refractivity contribution in [2.45, 2.75) is 12.1 Å². The summed E-state index contributed by atoms with van der Waals surface area (Å²) in [5, 5.41) is 3.28. The molecule has 0 spiro atoms. The standard InChI is InChI=1S/C16H26N4O4S/c1-18(2)7-14(21)19-3-4-20(13-9-25(23,24)8-12(13)19)16(22)15-10-5-17-6-11(10)15/h10-13,15,17H,3-9H2,1-2H3. The number of fused-ring (bicyclic) bond motifs is 2. The lowest BCUT2D eigenvalue weighted by Gasteiger charge is -2.44. The van der Waals surface area contributed by atoms with E-state index in [0.29, 0.717) is 24.9 Å². The highest BCUT2D eigenvalue weighted by molar-refractivity contribution is 7.91. The minimum Gasteiger partial charge on any atom is -0.335 e. The van der Waals surface area contributed by atoms with E-state index in [9.17, 15) is 18.0 Å². The van der Waals surface area contributed by atoms with Gasteiger partial charge >= 0.3 is 0 Å². The van der Waals surface area contributed by atoms with E-state index < -0.39 is 15.9 Å². The molecule has 25 heavy (non-hydrogen) atoms. The fraction of sp³-hybridized carbons (Fsp3) is 0.875. The third-order valence-corrected chi connectivity index (χ3v) is 7.81. The number of piperazine rings is 1. The number of amides is 2. The van der Waals surface area contributed by atoms with Gasteiger partial charge in [0.15, 0.2) is 9.84 Å². The molecular formula is C16H26N4O4S. The van der Waals surface area contributed by atoms with Gasteiger partial charge in [-0.25, -0.2) is 8.42 Å². The van der Waals surface area contributed by atoms with Gasteiger partial charge in [-0.1, -0.05) is 0 Å². The molecule has 4 rings (SSSR count). The molecule has 1 N–H and O–H groups in total. The molecule has 0 aromatic heterocycles. The average molecular weight is 370 g/mol. The molecule has 9 heteroatoms. The maximum Gasteiger partial charge on any atom is 0.237 e. The lowest BCUT2D eigenvalue weighted by molar-refractivity contribution is -0.147. The first kappa shape index (κ1) is 17.2. The zero-order valence-electron chi connectivity index (χ0n) is 14.7. The minimum absolute atomic E-state index is 0.0184. The van der Waals surface area contributed by atoms with Crippen molar-refractivity contribution < 1.29 is 18.0 Å². The van der Waals surface area contributed by atoms with Crippen LogP contribution in [0.3, 0.4) is 0 Å². The number of carbonyl (C=O) groups is 2. The van der Waals surface area contributed by atoms with E-state index in [0.717, 1.165) is 13.1 Å². The highest BCUT2D eigenvalue weighted by Crippen LogP contribution is 2.50. The van der Waals surface area contributed by atoms with E-state index in [1.54, 1.807) is 14.7 Å². The van der Waals surface area contributed by atoms with E-state index >= 15 is 0 Å². The van der Waals surface area contributed by atoms with Crippen molar-refractivity contribution in [3.63, 3.8) is 0 Å². The lowest BCUT2D eigenvalue weighted by atomic mass is 10.0. The number of carbonyl (C=O) groups excluding carboxylic acids is 2. The number of nitrogens with one attached hydrogen (secondary N) is 1. The van der Waals surface area contributed by atoms with Crippen LogP contribution in [0.2, 0.25) is 0 Å². The van der Waals surface area contributed by atoms with Crippen molar-refractivity contribution in [3.8, 4) is 0 Å². The van der Waals surface area contributed by atoms with Gasteiger partial charge in [0.25, 0.3) is 0 Å². The first-order valence-corrected chi connectivity index (χ1v) is 10.8. The third-order valence-electron chi connectivity index (χ3n) is 6.11. The summed E-state index contributed by atoms with van der Waals surface area (Å²) in [5.41, 5.74) is 0. The molecule has 1 saturated carbocycles. The summed E-state index contributed by atoms with van der Waals surface area (Å²) in [7, 11) is 0.412. The quantitative estimate of drug-likeness (QED) is 0.609. The number of hydrogen-bond donors (Lipinski definition) is 1. The highest BCUT2D eigenvalue weighted by Gasteiger charge is 2.60. The number of piperidine rings is 1. The number of nitrogens with zero attached hydrogens (tertiary/aromatic N) is 3. The van der Waals surface area contributed by atoms with Crippen LogP contribution in [0, 0.1) is 17.8 Å². The van der Waals surface area contributed by atoms with Gasteiger partial charge in [-0.3, -0.25) is 9.59 Å². The maximum absolute atomic E-state index is 13.0. The summed E-state index contributed by atoms with van der Waals surface area (Å²) < 4.78 is 24.5. The van der Waals surface area contributed by atoms with Gasteiger partial charge in [-0.2, -0.15) is 0 Å². The molecule has 3 heterocycles. The molecule has 1 aliphatic carbocycles. The maximum atomic E-state index is 13.0. The Hall–Kier alpha value is -1.19. The lowest BCUT2D eigenvalue weighted by Crippen LogP contribution is -2.63. The van der Waals surface area contributed by atoms with Crippen LogP contribution >= 0.6 is 0 Å². The Morgan fingerprint density at radius 3 is 2.20 bits per heavy atom. The van der Waals surface area contributed by atoms with Crippen LogP contribution in [0.15, 0.2) is 0 Å². The topological polar surface area (TPSA) is 90.0 Å². The second kappa shape index (κ2) is 5.92. The van der Waals surface area contributed by atoms with Crippen LogP contribution in [0.1, 0.15) is 0 Å². The van der Waals surface area contributed by atoms with Gasteiger partial charge in [0.2, 0.25) is 11.8 Å². The fourth-order valence-electron chi connectivity index (χ4n) is 4.87. The van der Waals surface area contributed by atoms with Gasteiger partial charge in [0, 0.05) is 19.0 Å². The molecule has 3 aliphatic heterocycles. The van der Waals surface area contributed by atoms with Gasteiger partial charge in [0.05, 0.1) is 30.1 Å². The number of likely N-dealkylation sites (N-methyl/N-ethyl adjacent to an activating group) is 1. The molecule has 4 fully saturated rings. The highest BCUT2D eigenvalue weighted by atomic mass is 32.2. The molecule has 0 aromatic rings. The van der Waals surface area contributed by atoms with Crippen LogP contribution < -0.4 is 5.32 Å². The largest absolute Gasteiger partial charge is 0.335 e. The first-order chi connectivity index (χ1) is 11.8. The van der Waals surface area contributed by atoms with Crippen LogP contribution in [-0.4, -0.2) is 105 Å². The van der Waals surface area contributed by atoms with E-state index in [-0.39, 0.29) is 41.8 Å². The van der Waals surface area contributed by atoms with Crippen molar-refractivity contribution in [2.24, 2.45) is 17.8 Å². The van der Waals surface area contributed by atoms with Crippen molar-refractivity contribution in [1.29, 1.82) is 0 Å². The molecule has 3 saturated heterocycles. The zero-order valence-corrected chi connectivity index (χ0v) is 15.5. The van der Waals surface area contributed by atoms with Gasteiger partial charge in [-0.05, 0) is 39.0 Å². The smallest absolute Gasteiger partial charge is 0.237 e. The molecule has 8 nitrogen and oxygen atoms in total. The molecule has 0 bridgehead atoms. The second-order valence-electron chi connectivity index (χ2n) is 8.08. The predicted octanol–water partition coefficient (Wildman–Crippen LogP) is -2.15. The molecule has 0 aromatic carbocycles. The monoisotopic (exact) mass is 370 g/mol. The molecule has 2 amide bonds. The summed E-state index contributed by atoms with van der Waals surface area (Å²) in [6, 6.07) is -0.779. The van der Waals surface area contributed by atoms with E-state index in [2.05, 4.69) is 5.32 Å². The number of hydrogen-bond acceptors (Lipinski definition) is 6. The fourth-order valence-corrected chi connectivity index (χ4v) is 6.85. The average Bonchev–Trinajstić information content (AvgIpc) is 2.85. The van der Waals surface area contributed by atoms with Crippen molar-refractivity contribution >= 4 is 21.7 Å². The molecule has 4 aliphatic rings. The van der Waals surface area contributed by atoms with Gasteiger partial charge in [0.1, 0.15) is 0 Å². The summed E-state index contributed by atoms with van der Waals surface area (Å²) in [5.74, 6) is 0.874. The van der Waals surface area contributed by atoms with Crippen molar-refractivity contribution in [2.75, 3.05) is 58.3 Å². The molecule has 0 radical (unpaired) electrons. The van der Waals surface area contributed by atoms with Crippen LogP contribution in [-0.2, 0) is 19.4 Å². The van der Waals surface area contributed by atoms with Crippen LogP contribution in [0.4, 0.5) is 0 Å². The Morgan fingerprint density at radius 1 is 1.04 bits per heavy atom. The Balaban J connectivity index is 1.52. The Bertz CT molecular complexity index is 684. The Labute approximate surface area is 148 Å². The molecule has 140 valence electrons. The first-order valence-electron chi connectivity index (χ1n) is 8.94. The van der Waals surface area contributed by atoms with Gasteiger partial charge in [-0.15, -0.1) is 0 Å². The Morgan fingerprint density at radius 2 is 1.60 bits per heavy atom. The van der Waals surface area contributed by atoms with E-state index in [4.69, 9.17) is 0 Å². The number of rotatable bonds is 3. The van der Waals surface area contributed by atoms with Gasteiger partial charge < -0.3 is 20.0 Å². The summed E-state index contributed by atoms with van der Waals surface area (Å²) >= 11 is 0. The van der Waals surface area contributed by atoms with Crippen molar-refractivity contribution in [1.82, 2.24) is 20.0 Å². The van der Waals surface area contributed by atoms with Crippen LogP contribution in [0.25, 0.3) is 0 Å². The number of sulfone groups is 1. The summed E-state index contributed by atoms with van der Waals surface area (Å²) in [6.07, 6.45) is 0. The van der Waals surface area contributed by atoms with Crippen molar-refractivity contribution in [3.05, 3.63) is 0 Å². The second-order valence-corrected chi connectivity index (χ2v) is 10.2. The molecular weight excluding hydrogens is 344 g/mol.